The summed E-state index contributed by atoms with van der Waals surface area (Å²) in [5.41, 5.74) is 3.60. The molecule has 2 aromatic heterocycles. The van der Waals surface area contributed by atoms with Gasteiger partial charge in [-0.25, -0.2) is 9.97 Å². The number of aromatic nitrogens is 4. The Morgan fingerprint density at radius 1 is 1.09 bits per heavy atom. The monoisotopic (exact) mass is 460 g/mol. The van der Waals surface area contributed by atoms with Crippen molar-refractivity contribution in [1.82, 2.24) is 19.5 Å². The van der Waals surface area contributed by atoms with Crippen LogP contribution in [0.25, 0.3) is 22.5 Å². The maximum absolute atomic E-state index is 10.9. The van der Waals surface area contributed by atoms with E-state index in [0.29, 0.717) is 36.9 Å². The second-order valence-electron chi connectivity index (χ2n) is 7.78. The zero-order valence-corrected chi connectivity index (χ0v) is 19.2. The largest absolute Gasteiger partial charge is 0.392 e. The first-order valence-corrected chi connectivity index (χ1v) is 10.9. The van der Waals surface area contributed by atoms with Gasteiger partial charge in [-0.05, 0) is 19.4 Å². The summed E-state index contributed by atoms with van der Waals surface area (Å²) in [6, 6.07) is 19.4. The van der Waals surface area contributed by atoms with Crippen molar-refractivity contribution >= 4 is 12.6 Å². The quantitative estimate of drug-likeness (QED) is 0.332. The van der Waals surface area contributed by atoms with Crippen molar-refractivity contribution in [2.24, 2.45) is 0 Å². The van der Waals surface area contributed by atoms with Crippen molar-refractivity contribution in [2.45, 2.75) is 32.6 Å². The fraction of sp³-hybridized carbons (Fsp3) is 0.231. The average Bonchev–Trinajstić information content (AvgIpc) is 3.34. The molecule has 4 aromatic rings. The molecule has 8 nitrogen and oxygen atoms in total. The fourth-order valence-corrected chi connectivity index (χ4v) is 2.96. The third-order valence-electron chi connectivity index (χ3n) is 4.74. The number of carbonyl (C=O) groups excluding carboxylic acids is 2. The van der Waals surface area contributed by atoms with E-state index in [9.17, 15) is 14.7 Å². The SMILES string of the molecule is CC(O)Cn1cc(-c2ccccc2)nc1C=O.CC1CO1.O=Cc1ncc(-c2ccccc2)[nH]1. The van der Waals surface area contributed by atoms with Crippen LogP contribution < -0.4 is 0 Å². The van der Waals surface area contributed by atoms with E-state index in [1.165, 1.54) is 0 Å². The van der Waals surface area contributed by atoms with E-state index in [-0.39, 0.29) is 0 Å². The molecule has 0 spiro atoms. The van der Waals surface area contributed by atoms with Gasteiger partial charge in [0, 0.05) is 18.3 Å². The number of aldehydes is 2. The second-order valence-corrected chi connectivity index (χ2v) is 7.78. The van der Waals surface area contributed by atoms with E-state index in [0.717, 1.165) is 29.1 Å². The van der Waals surface area contributed by atoms with Gasteiger partial charge >= 0.3 is 0 Å². The number of epoxide rings is 1. The Hall–Kier alpha value is -3.88. The summed E-state index contributed by atoms with van der Waals surface area (Å²) in [6.45, 7) is 5.09. The summed E-state index contributed by atoms with van der Waals surface area (Å²) < 4.78 is 6.38. The molecule has 2 N–H and O–H groups in total. The molecular weight excluding hydrogens is 432 g/mol. The first-order chi connectivity index (χ1) is 16.5. The lowest BCUT2D eigenvalue weighted by atomic mass is 10.2. The van der Waals surface area contributed by atoms with Gasteiger partial charge in [-0.2, -0.15) is 0 Å². The summed E-state index contributed by atoms with van der Waals surface area (Å²) in [5, 5.41) is 9.34. The van der Waals surface area contributed by atoms with Gasteiger partial charge in [-0.3, -0.25) is 9.59 Å². The van der Waals surface area contributed by atoms with E-state index in [1.54, 1.807) is 23.9 Å². The molecule has 176 valence electrons. The number of imidazole rings is 2. The number of ether oxygens (including phenoxy) is 1. The number of H-pyrrole nitrogens is 1. The van der Waals surface area contributed by atoms with Crippen molar-refractivity contribution in [3.8, 4) is 22.5 Å². The molecule has 0 bridgehead atoms. The predicted molar refractivity (Wildman–Crippen MR) is 130 cm³/mol. The Labute approximate surface area is 198 Å². The molecule has 0 aliphatic carbocycles. The molecule has 2 aromatic carbocycles. The minimum Gasteiger partial charge on any atom is -0.392 e. The smallest absolute Gasteiger partial charge is 0.185 e. The zero-order valence-electron chi connectivity index (χ0n) is 19.2. The number of nitrogens with one attached hydrogen (secondary N) is 1. The Bertz CT molecular complexity index is 1170. The van der Waals surface area contributed by atoms with Gasteiger partial charge in [0.05, 0.1) is 36.4 Å². The van der Waals surface area contributed by atoms with Gasteiger partial charge in [-0.15, -0.1) is 0 Å². The molecule has 1 saturated heterocycles. The van der Waals surface area contributed by atoms with Crippen LogP contribution in [0.5, 0.6) is 0 Å². The summed E-state index contributed by atoms with van der Waals surface area (Å²) in [4.78, 5) is 32.3. The third-order valence-corrected chi connectivity index (χ3v) is 4.74. The molecule has 1 aliphatic rings. The third kappa shape index (κ3) is 7.61. The predicted octanol–water partition coefficient (Wildman–Crippen LogP) is 4.04. The Morgan fingerprint density at radius 3 is 2.15 bits per heavy atom. The molecule has 34 heavy (non-hydrogen) atoms. The maximum atomic E-state index is 10.9. The van der Waals surface area contributed by atoms with Crippen LogP contribution >= 0.6 is 0 Å². The fourth-order valence-electron chi connectivity index (χ4n) is 2.96. The minimum atomic E-state index is -0.508. The molecule has 2 atom stereocenters. The minimum absolute atomic E-state index is 0.338. The van der Waals surface area contributed by atoms with E-state index in [1.807, 2.05) is 60.7 Å². The molecule has 5 rings (SSSR count). The molecule has 0 radical (unpaired) electrons. The number of benzene rings is 2. The van der Waals surface area contributed by atoms with Crippen LogP contribution in [0, 0.1) is 0 Å². The number of hydrogen-bond acceptors (Lipinski definition) is 6. The molecule has 1 fully saturated rings. The van der Waals surface area contributed by atoms with Crippen molar-refractivity contribution in [3.05, 3.63) is 84.7 Å². The van der Waals surface area contributed by atoms with Crippen LogP contribution in [0.4, 0.5) is 0 Å². The van der Waals surface area contributed by atoms with Gasteiger partial charge in [0.15, 0.2) is 24.2 Å². The van der Waals surface area contributed by atoms with Crippen LogP contribution in [0.15, 0.2) is 73.1 Å². The van der Waals surface area contributed by atoms with Crippen LogP contribution in [-0.2, 0) is 11.3 Å². The second kappa shape index (κ2) is 12.4. The lowest BCUT2D eigenvalue weighted by Gasteiger charge is -2.05. The average molecular weight is 461 g/mol. The zero-order chi connectivity index (χ0) is 24.3. The number of rotatable bonds is 6. The summed E-state index contributed by atoms with van der Waals surface area (Å²) >= 11 is 0. The first-order valence-electron chi connectivity index (χ1n) is 10.9. The highest BCUT2D eigenvalue weighted by atomic mass is 16.6. The maximum Gasteiger partial charge on any atom is 0.185 e. The molecule has 0 amide bonds. The van der Waals surface area contributed by atoms with Gasteiger partial charge in [0.2, 0.25) is 0 Å². The summed E-state index contributed by atoms with van der Waals surface area (Å²) in [7, 11) is 0. The molecule has 8 heteroatoms. The number of nitrogens with zero attached hydrogens (tertiary/aromatic N) is 3. The van der Waals surface area contributed by atoms with Gasteiger partial charge in [-0.1, -0.05) is 60.7 Å². The van der Waals surface area contributed by atoms with E-state index in [4.69, 9.17) is 4.74 Å². The van der Waals surface area contributed by atoms with Gasteiger partial charge in [0.1, 0.15) is 0 Å². The highest BCUT2D eigenvalue weighted by Gasteiger charge is 2.13. The van der Waals surface area contributed by atoms with E-state index in [2.05, 4.69) is 21.9 Å². The number of aromatic amines is 1. The number of aliphatic hydroxyl groups is 1. The van der Waals surface area contributed by atoms with Gasteiger partial charge in [0.25, 0.3) is 0 Å². The van der Waals surface area contributed by atoms with E-state index >= 15 is 0 Å². The van der Waals surface area contributed by atoms with Crippen LogP contribution in [0.1, 0.15) is 35.1 Å². The molecule has 1 aliphatic heterocycles. The molecular formula is C26H28N4O4. The van der Waals surface area contributed by atoms with Crippen LogP contribution in [0.3, 0.4) is 0 Å². The summed E-state index contributed by atoms with van der Waals surface area (Å²) in [5.74, 6) is 0.698. The van der Waals surface area contributed by atoms with Gasteiger partial charge < -0.3 is 19.4 Å². The molecule has 2 unspecified atom stereocenters. The molecule has 3 heterocycles. The highest BCUT2D eigenvalue weighted by Crippen LogP contribution is 2.18. The van der Waals surface area contributed by atoms with Crippen molar-refractivity contribution in [2.75, 3.05) is 6.61 Å². The normalized spacial score (nSPS) is 14.6. The number of hydrogen-bond donors (Lipinski definition) is 2. The Morgan fingerprint density at radius 2 is 1.68 bits per heavy atom. The van der Waals surface area contributed by atoms with Crippen molar-refractivity contribution < 1.29 is 19.4 Å². The lowest BCUT2D eigenvalue weighted by Crippen LogP contribution is -2.13. The van der Waals surface area contributed by atoms with Crippen molar-refractivity contribution in [3.63, 3.8) is 0 Å². The lowest BCUT2D eigenvalue weighted by molar-refractivity contribution is 0.110. The summed E-state index contributed by atoms with van der Waals surface area (Å²) in [6.07, 6.45) is 4.91. The molecule has 0 saturated carbocycles. The Balaban J connectivity index is 0.000000167. The Kier molecular flexibility index (Phi) is 9.02. The highest BCUT2D eigenvalue weighted by molar-refractivity contribution is 5.72. The standard InChI is InChI=1S/C13H14N2O2.C10H8N2O.C3H6O/c1-10(17)7-15-8-12(14-13(15)9-16)11-5-3-2-4-6-11;13-7-10-11-6-9(12-10)8-4-2-1-3-5-8;1-3-2-4-3/h2-6,8-10,17H,7H2,1H3;1-7H,(H,11,12);3H,2H2,1H3. The van der Waals surface area contributed by atoms with Crippen LogP contribution in [0.2, 0.25) is 0 Å². The number of carbonyl (C=O) groups is 2. The number of aliphatic hydroxyl groups excluding tert-OH is 1. The van der Waals surface area contributed by atoms with E-state index < -0.39 is 6.10 Å². The topological polar surface area (TPSA) is 113 Å². The van der Waals surface area contributed by atoms with Crippen LogP contribution in [-0.4, -0.2) is 56.0 Å². The first kappa shape index (κ1) is 24.8. The van der Waals surface area contributed by atoms with Crippen molar-refractivity contribution in [1.29, 1.82) is 0 Å².